The van der Waals surface area contributed by atoms with Gasteiger partial charge in [0.1, 0.15) is 0 Å². The molecule has 0 radical (unpaired) electrons. The van der Waals surface area contributed by atoms with Crippen molar-refractivity contribution in [1.29, 1.82) is 0 Å². The zero-order valence-electron chi connectivity index (χ0n) is 10.6. The fourth-order valence-electron chi connectivity index (χ4n) is 2.34. The Hall–Kier alpha value is -1.10. The van der Waals surface area contributed by atoms with Crippen molar-refractivity contribution >= 4 is 40.9 Å². The fraction of sp³-hybridized carbons (Fsp3) is 0.385. The smallest absolute Gasteiger partial charge is 0.172 e. The molecule has 3 rings (SSSR count). The minimum Gasteiger partial charge on any atom is -0.353 e. The first-order chi connectivity index (χ1) is 8.75. The van der Waals surface area contributed by atoms with Gasteiger partial charge in [-0.1, -0.05) is 23.7 Å². The Morgan fingerprint density at radius 2 is 1.95 bits per heavy atom. The summed E-state index contributed by atoms with van der Waals surface area (Å²) in [4.78, 5) is 11.2. The van der Waals surface area contributed by atoms with E-state index >= 15 is 0 Å². The molecule has 19 heavy (non-hydrogen) atoms. The van der Waals surface area contributed by atoms with Crippen molar-refractivity contribution < 1.29 is 0 Å². The van der Waals surface area contributed by atoms with Crippen molar-refractivity contribution in [3.8, 4) is 0 Å². The third-order valence-corrected chi connectivity index (χ3v) is 3.68. The van der Waals surface area contributed by atoms with Gasteiger partial charge in [0.15, 0.2) is 11.0 Å². The molecular formula is C13H16Cl2N4. The largest absolute Gasteiger partial charge is 0.353 e. The predicted molar refractivity (Wildman–Crippen MR) is 81.5 cm³/mol. The summed E-state index contributed by atoms with van der Waals surface area (Å²) in [5.41, 5.74) is 1.72. The summed E-state index contributed by atoms with van der Waals surface area (Å²) in [6.45, 7) is 2.02. The van der Waals surface area contributed by atoms with Crippen LogP contribution < -0.4 is 10.2 Å². The van der Waals surface area contributed by atoms with Crippen molar-refractivity contribution in [3.63, 3.8) is 0 Å². The molecule has 1 atom stereocenters. The SMILES string of the molecule is CN(c1nc2ccccc2nc1Cl)[C@@H]1CCNC1.Cl. The van der Waals surface area contributed by atoms with Gasteiger partial charge in [0.25, 0.3) is 0 Å². The molecule has 1 aromatic heterocycles. The van der Waals surface area contributed by atoms with Gasteiger partial charge in [-0.3, -0.25) is 0 Å². The molecule has 1 fully saturated rings. The Labute approximate surface area is 123 Å². The van der Waals surface area contributed by atoms with Crippen molar-refractivity contribution in [3.05, 3.63) is 29.4 Å². The number of halogens is 2. The lowest BCUT2D eigenvalue weighted by Crippen LogP contribution is -2.34. The van der Waals surface area contributed by atoms with Gasteiger partial charge in [0.05, 0.1) is 11.0 Å². The number of nitrogens with zero attached hydrogens (tertiary/aromatic N) is 3. The number of nitrogens with one attached hydrogen (secondary N) is 1. The van der Waals surface area contributed by atoms with Crippen LogP contribution in [0.15, 0.2) is 24.3 Å². The van der Waals surface area contributed by atoms with E-state index in [1.54, 1.807) is 0 Å². The minimum atomic E-state index is 0. The third-order valence-electron chi connectivity index (χ3n) is 3.43. The summed E-state index contributed by atoms with van der Waals surface area (Å²) >= 11 is 6.24. The number of aromatic nitrogens is 2. The average molecular weight is 299 g/mol. The topological polar surface area (TPSA) is 41.1 Å². The molecule has 0 spiro atoms. The van der Waals surface area contributed by atoms with Gasteiger partial charge in [-0.05, 0) is 25.1 Å². The number of hydrogen-bond acceptors (Lipinski definition) is 4. The molecule has 2 aromatic rings. The van der Waals surface area contributed by atoms with E-state index in [2.05, 4.69) is 20.2 Å². The molecule has 1 aromatic carbocycles. The maximum atomic E-state index is 6.24. The summed E-state index contributed by atoms with van der Waals surface area (Å²) in [5.74, 6) is 0.768. The van der Waals surface area contributed by atoms with E-state index < -0.39 is 0 Å². The summed E-state index contributed by atoms with van der Waals surface area (Å²) in [7, 11) is 2.03. The van der Waals surface area contributed by atoms with E-state index in [1.165, 1.54) is 0 Å². The first-order valence-electron chi connectivity index (χ1n) is 6.11. The first kappa shape index (κ1) is 14.3. The van der Waals surface area contributed by atoms with Crippen molar-refractivity contribution in [2.24, 2.45) is 0 Å². The van der Waals surface area contributed by atoms with E-state index in [9.17, 15) is 0 Å². The Balaban J connectivity index is 0.00000133. The van der Waals surface area contributed by atoms with Gasteiger partial charge in [0.2, 0.25) is 0 Å². The van der Waals surface area contributed by atoms with E-state index in [0.29, 0.717) is 11.2 Å². The summed E-state index contributed by atoms with van der Waals surface area (Å²) in [5, 5.41) is 3.82. The lowest BCUT2D eigenvalue weighted by molar-refractivity contribution is 0.678. The Kier molecular flexibility index (Phi) is 4.45. The molecule has 1 saturated heterocycles. The molecule has 0 amide bonds. The molecule has 2 heterocycles. The Morgan fingerprint density at radius 3 is 2.58 bits per heavy atom. The van der Waals surface area contributed by atoms with Crippen LogP contribution in [0.25, 0.3) is 11.0 Å². The van der Waals surface area contributed by atoms with E-state index in [4.69, 9.17) is 11.6 Å². The van der Waals surface area contributed by atoms with Gasteiger partial charge in [-0.15, -0.1) is 12.4 Å². The van der Waals surface area contributed by atoms with E-state index in [1.807, 2.05) is 31.3 Å². The van der Waals surface area contributed by atoms with Crippen LogP contribution in [0.4, 0.5) is 5.82 Å². The maximum Gasteiger partial charge on any atom is 0.172 e. The normalized spacial score (nSPS) is 18.3. The monoisotopic (exact) mass is 298 g/mol. The number of anilines is 1. The minimum absolute atomic E-state index is 0. The molecule has 1 aliphatic heterocycles. The van der Waals surface area contributed by atoms with Crippen molar-refractivity contribution in [1.82, 2.24) is 15.3 Å². The quantitative estimate of drug-likeness (QED) is 0.925. The molecule has 1 aliphatic rings. The maximum absolute atomic E-state index is 6.24. The highest BCUT2D eigenvalue weighted by Gasteiger charge is 2.22. The van der Waals surface area contributed by atoms with Crippen molar-refractivity contribution in [2.75, 3.05) is 25.0 Å². The van der Waals surface area contributed by atoms with Crippen LogP contribution in [0.2, 0.25) is 5.15 Å². The summed E-state index contributed by atoms with van der Waals surface area (Å²) in [6.07, 6.45) is 1.11. The molecule has 0 aliphatic carbocycles. The molecule has 102 valence electrons. The van der Waals surface area contributed by atoms with Crippen LogP contribution in [-0.2, 0) is 0 Å². The highest BCUT2D eigenvalue weighted by Crippen LogP contribution is 2.26. The molecule has 6 heteroatoms. The van der Waals surface area contributed by atoms with Gasteiger partial charge in [-0.25, -0.2) is 9.97 Å². The Bertz CT molecular complexity index is 570. The highest BCUT2D eigenvalue weighted by atomic mass is 35.5. The third kappa shape index (κ3) is 2.76. The van der Waals surface area contributed by atoms with Crippen LogP contribution in [0, 0.1) is 0 Å². The number of rotatable bonds is 2. The summed E-state index contributed by atoms with van der Waals surface area (Å²) < 4.78 is 0. The number of hydrogen-bond donors (Lipinski definition) is 1. The second kappa shape index (κ2) is 5.90. The zero-order valence-corrected chi connectivity index (χ0v) is 12.2. The van der Waals surface area contributed by atoms with Crippen LogP contribution in [-0.4, -0.2) is 36.1 Å². The van der Waals surface area contributed by atoms with Crippen LogP contribution in [0.5, 0.6) is 0 Å². The van der Waals surface area contributed by atoms with E-state index in [0.717, 1.165) is 36.4 Å². The van der Waals surface area contributed by atoms with Crippen molar-refractivity contribution in [2.45, 2.75) is 12.5 Å². The second-order valence-corrected chi connectivity index (χ2v) is 4.94. The number of fused-ring (bicyclic) bond motifs is 1. The molecule has 0 bridgehead atoms. The summed E-state index contributed by atoms with van der Waals surface area (Å²) in [6, 6.07) is 8.24. The highest BCUT2D eigenvalue weighted by molar-refractivity contribution is 6.32. The zero-order chi connectivity index (χ0) is 12.5. The number of benzene rings is 1. The van der Waals surface area contributed by atoms with Gasteiger partial charge < -0.3 is 10.2 Å². The van der Waals surface area contributed by atoms with E-state index in [-0.39, 0.29) is 12.4 Å². The Morgan fingerprint density at radius 1 is 1.26 bits per heavy atom. The number of para-hydroxylation sites is 2. The molecule has 4 nitrogen and oxygen atoms in total. The lowest BCUT2D eigenvalue weighted by Gasteiger charge is -2.25. The van der Waals surface area contributed by atoms with Gasteiger partial charge in [0, 0.05) is 19.6 Å². The van der Waals surface area contributed by atoms with Gasteiger partial charge in [-0.2, -0.15) is 0 Å². The predicted octanol–water partition coefficient (Wildman–Crippen LogP) is 2.50. The number of likely N-dealkylation sites (N-methyl/N-ethyl adjacent to an activating group) is 1. The average Bonchev–Trinajstić information content (AvgIpc) is 2.91. The first-order valence-corrected chi connectivity index (χ1v) is 6.49. The van der Waals surface area contributed by atoms with Gasteiger partial charge >= 0.3 is 0 Å². The fourth-order valence-corrected chi connectivity index (χ4v) is 2.60. The molecule has 0 unspecified atom stereocenters. The molecular weight excluding hydrogens is 283 g/mol. The lowest BCUT2D eigenvalue weighted by atomic mass is 10.2. The molecule has 0 saturated carbocycles. The standard InChI is InChI=1S/C13H15ClN4.ClH/c1-18(9-6-7-15-8-9)13-12(14)16-10-4-2-3-5-11(10)17-13;/h2-5,9,15H,6-8H2,1H3;1H/t9-;/m1./s1. The van der Waals surface area contributed by atoms with Crippen LogP contribution >= 0.6 is 24.0 Å². The van der Waals surface area contributed by atoms with Crippen LogP contribution in [0.3, 0.4) is 0 Å². The van der Waals surface area contributed by atoms with Crippen LogP contribution in [0.1, 0.15) is 6.42 Å². The second-order valence-electron chi connectivity index (χ2n) is 4.58. The molecule has 1 N–H and O–H groups in total.